The first-order valence-electron chi connectivity index (χ1n) is 7.38. The Labute approximate surface area is 150 Å². The van der Waals surface area contributed by atoms with Gasteiger partial charge in [-0.1, -0.05) is 41.4 Å². The second kappa shape index (κ2) is 7.11. The molecule has 2 heterocycles. The van der Waals surface area contributed by atoms with E-state index in [1.54, 1.807) is 6.07 Å². The van der Waals surface area contributed by atoms with Crippen molar-refractivity contribution >= 4 is 33.0 Å². The summed E-state index contributed by atoms with van der Waals surface area (Å²) in [6.45, 7) is 2.99. The topological polar surface area (TPSA) is 51.1 Å². The minimum Gasteiger partial charge on any atom is -0.346 e. The Morgan fingerprint density at radius 2 is 1.88 bits per heavy atom. The lowest BCUT2D eigenvalue weighted by atomic mass is 10.1. The fourth-order valence-corrected chi connectivity index (χ4v) is 4.86. The van der Waals surface area contributed by atoms with E-state index in [2.05, 4.69) is 35.9 Å². The smallest absolute Gasteiger partial charge is 0.250 e. The summed E-state index contributed by atoms with van der Waals surface area (Å²) in [4.78, 5) is 0. The minimum absolute atomic E-state index is 0.226. The standard InChI is InChI=1S/C17H17ClN2O2S2/c1-13-4-6-14(7-5-13)12-20-10-2-3-15(20)11-19-24(21,22)17-9-8-16(18)23-17/h2-10,19H,11-12H2,1H3. The fourth-order valence-electron chi connectivity index (χ4n) is 2.34. The highest BCUT2D eigenvalue weighted by molar-refractivity contribution is 7.91. The molecule has 0 aliphatic rings. The third-order valence-corrected chi connectivity index (χ3v) is 6.78. The van der Waals surface area contributed by atoms with E-state index in [0.717, 1.165) is 17.0 Å². The number of aromatic nitrogens is 1. The monoisotopic (exact) mass is 380 g/mol. The summed E-state index contributed by atoms with van der Waals surface area (Å²) in [6, 6.07) is 15.2. The predicted molar refractivity (Wildman–Crippen MR) is 98.1 cm³/mol. The highest BCUT2D eigenvalue weighted by Gasteiger charge is 2.17. The number of thiophene rings is 1. The molecule has 0 unspecified atom stereocenters. The van der Waals surface area contributed by atoms with Crippen molar-refractivity contribution < 1.29 is 8.42 Å². The van der Waals surface area contributed by atoms with Gasteiger partial charge in [0.1, 0.15) is 4.21 Å². The lowest BCUT2D eigenvalue weighted by molar-refractivity contribution is 0.580. The van der Waals surface area contributed by atoms with Gasteiger partial charge in [0.25, 0.3) is 0 Å². The number of nitrogens with zero attached hydrogens (tertiary/aromatic N) is 1. The number of halogens is 1. The summed E-state index contributed by atoms with van der Waals surface area (Å²) < 4.78 is 29.9. The van der Waals surface area contributed by atoms with Crippen LogP contribution in [0.15, 0.2) is 58.9 Å². The molecule has 0 aliphatic carbocycles. The van der Waals surface area contributed by atoms with Crippen LogP contribution in [0, 0.1) is 6.92 Å². The van der Waals surface area contributed by atoms with Crippen LogP contribution in [0.3, 0.4) is 0 Å². The molecule has 0 fully saturated rings. The summed E-state index contributed by atoms with van der Waals surface area (Å²) in [5.74, 6) is 0. The maximum absolute atomic E-state index is 12.3. The van der Waals surface area contributed by atoms with Gasteiger partial charge in [0.05, 0.1) is 10.9 Å². The molecule has 0 radical (unpaired) electrons. The molecule has 0 saturated heterocycles. The lowest BCUT2D eigenvalue weighted by Crippen LogP contribution is -2.23. The number of sulfonamides is 1. The Hall–Kier alpha value is -1.60. The van der Waals surface area contributed by atoms with Crippen LogP contribution < -0.4 is 4.72 Å². The van der Waals surface area contributed by atoms with Crippen LogP contribution in [-0.2, 0) is 23.1 Å². The maximum atomic E-state index is 12.3. The van der Waals surface area contributed by atoms with E-state index in [0.29, 0.717) is 10.9 Å². The molecule has 24 heavy (non-hydrogen) atoms. The summed E-state index contributed by atoms with van der Waals surface area (Å²) in [5, 5.41) is 0. The first-order chi connectivity index (χ1) is 11.4. The molecule has 126 valence electrons. The predicted octanol–water partition coefficient (Wildman–Crippen LogP) is 4.04. The number of rotatable bonds is 6. The SMILES string of the molecule is Cc1ccc(Cn2cccc2CNS(=O)(=O)c2ccc(Cl)s2)cc1. The Morgan fingerprint density at radius 1 is 1.12 bits per heavy atom. The van der Waals surface area contributed by atoms with Crippen LogP contribution >= 0.6 is 22.9 Å². The molecule has 0 bridgehead atoms. The number of hydrogen-bond donors (Lipinski definition) is 1. The highest BCUT2D eigenvalue weighted by atomic mass is 35.5. The summed E-state index contributed by atoms with van der Waals surface area (Å²) >= 11 is 6.86. The third kappa shape index (κ3) is 4.08. The van der Waals surface area contributed by atoms with E-state index >= 15 is 0 Å². The van der Waals surface area contributed by atoms with E-state index in [1.807, 2.05) is 22.9 Å². The molecule has 2 aromatic heterocycles. The normalized spacial score (nSPS) is 11.8. The van der Waals surface area contributed by atoms with Crippen molar-refractivity contribution in [1.82, 2.24) is 9.29 Å². The second-order valence-corrected chi connectivity index (χ2v) is 9.20. The van der Waals surface area contributed by atoms with Gasteiger partial charge in [-0.3, -0.25) is 0 Å². The van der Waals surface area contributed by atoms with Crippen LogP contribution in [0.5, 0.6) is 0 Å². The third-order valence-electron chi connectivity index (χ3n) is 3.65. The number of aryl methyl sites for hydroxylation is 1. The van der Waals surface area contributed by atoms with Crippen LogP contribution in [0.1, 0.15) is 16.8 Å². The van der Waals surface area contributed by atoms with Crippen molar-refractivity contribution in [2.45, 2.75) is 24.2 Å². The summed E-state index contributed by atoms with van der Waals surface area (Å²) in [5.41, 5.74) is 3.29. The van der Waals surface area contributed by atoms with Gasteiger partial charge in [-0.05, 0) is 36.8 Å². The van der Waals surface area contributed by atoms with Crippen LogP contribution in [-0.4, -0.2) is 13.0 Å². The average molecular weight is 381 g/mol. The molecule has 3 aromatic rings. The van der Waals surface area contributed by atoms with Crippen molar-refractivity contribution in [3.8, 4) is 0 Å². The van der Waals surface area contributed by atoms with E-state index in [9.17, 15) is 8.42 Å². The Kier molecular flexibility index (Phi) is 5.10. The Bertz CT molecular complexity index is 928. The van der Waals surface area contributed by atoms with E-state index in [4.69, 9.17) is 11.6 Å². The second-order valence-electron chi connectivity index (χ2n) is 5.50. The van der Waals surface area contributed by atoms with Crippen LogP contribution in [0.4, 0.5) is 0 Å². The molecule has 0 aliphatic heterocycles. The van der Waals surface area contributed by atoms with Gasteiger partial charge >= 0.3 is 0 Å². The van der Waals surface area contributed by atoms with Gasteiger partial charge in [0, 0.05) is 18.4 Å². The largest absolute Gasteiger partial charge is 0.346 e. The Morgan fingerprint density at radius 3 is 2.54 bits per heavy atom. The molecule has 0 atom stereocenters. The summed E-state index contributed by atoms with van der Waals surface area (Å²) in [6.07, 6.45) is 1.95. The van der Waals surface area contributed by atoms with Crippen molar-refractivity contribution in [3.05, 3.63) is 75.9 Å². The van der Waals surface area contributed by atoms with Crippen molar-refractivity contribution in [3.63, 3.8) is 0 Å². The van der Waals surface area contributed by atoms with Gasteiger partial charge in [0.15, 0.2) is 0 Å². The molecular weight excluding hydrogens is 364 g/mol. The van der Waals surface area contributed by atoms with Crippen molar-refractivity contribution in [2.24, 2.45) is 0 Å². The maximum Gasteiger partial charge on any atom is 0.250 e. The van der Waals surface area contributed by atoms with Gasteiger partial charge in [-0.25, -0.2) is 13.1 Å². The molecule has 0 amide bonds. The molecule has 1 aromatic carbocycles. The average Bonchev–Trinajstić information content (AvgIpc) is 3.17. The van der Waals surface area contributed by atoms with Crippen LogP contribution in [0.25, 0.3) is 0 Å². The quantitative estimate of drug-likeness (QED) is 0.701. The molecule has 0 spiro atoms. The first kappa shape index (κ1) is 17.2. The minimum atomic E-state index is -3.54. The Balaban J connectivity index is 1.70. The molecule has 7 heteroatoms. The molecule has 3 rings (SSSR count). The molecular formula is C17H17ClN2O2S2. The van der Waals surface area contributed by atoms with Gasteiger partial charge in [-0.2, -0.15) is 0 Å². The first-order valence-corrected chi connectivity index (χ1v) is 10.1. The lowest BCUT2D eigenvalue weighted by Gasteiger charge is -2.11. The number of hydrogen-bond acceptors (Lipinski definition) is 3. The van der Waals surface area contributed by atoms with E-state index < -0.39 is 10.0 Å². The molecule has 1 N–H and O–H groups in total. The zero-order valence-electron chi connectivity index (χ0n) is 13.1. The van der Waals surface area contributed by atoms with Crippen LogP contribution in [0.2, 0.25) is 4.34 Å². The number of benzene rings is 1. The summed E-state index contributed by atoms with van der Waals surface area (Å²) in [7, 11) is -3.54. The zero-order chi connectivity index (χ0) is 17.2. The fraction of sp³-hybridized carbons (Fsp3) is 0.176. The van der Waals surface area contributed by atoms with E-state index in [-0.39, 0.29) is 10.8 Å². The van der Waals surface area contributed by atoms with Crippen molar-refractivity contribution in [1.29, 1.82) is 0 Å². The van der Waals surface area contributed by atoms with Crippen molar-refractivity contribution in [2.75, 3.05) is 0 Å². The highest BCUT2D eigenvalue weighted by Crippen LogP contribution is 2.25. The van der Waals surface area contributed by atoms with Gasteiger partial charge in [0.2, 0.25) is 10.0 Å². The number of nitrogens with one attached hydrogen (secondary N) is 1. The molecule has 0 saturated carbocycles. The van der Waals surface area contributed by atoms with Gasteiger partial charge in [-0.15, -0.1) is 11.3 Å². The zero-order valence-corrected chi connectivity index (χ0v) is 15.5. The van der Waals surface area contributed by atoms with Gasteiger partial charge < -0.3 is 4.57 Å². The molecule has 4 nitrogen and oxygen atoms in total. The van der Waals surface area contributed by atoms with E-state index in [1.165, 1.54) is 17.2 Å².